The second-order valence-electron chi connectivity index (χ2n) is 3.96. The van der Waals surface area contributed by atoms with Crippen LogP contribution in [-0.4, -0.2) is 12.4 Å². The third kappa shape index (κ3) is 2.98. The molecule has 1 aromatic rings. The van der Waals surface area contributed by atoms with Crippen molar-refractivity contribution in [3.05, 3.63) is 23.2 Å². The number of rotatable bonds is 2. The number of aryl methyl sites for hydroxylation is 2. The topological polar surface area (TPSA) is 39.2 Å². The Morgan fingerprint density at radius 1 is 1.06 bits per heavy atom. The molecule has 2 N–H and O–H groups in total. The molecule has 0 aromatic carbocycles. The first-order valence-corrected chi connectivity index (χ1v) is 4.90. The van der Waals surface area contributed by atoms with Gasteiger partial charge in [-0.3, -0.25) is 0 Å². The van der Waals surface area contributed by atoms with Crippen LogP contribution in [0.1, 0.15) is 23.1 Å². The molecule has 0 bridgehead atoms. The van der Waals surface area contributed by atoms with E-state index in [9.17, 15) is 26.3 Å². The van der Waals surface area contributed by atoms with Crippen LogP contribution in [0, 0.1) is 19.8 Å². The molecule has 1 unspecified atom stereocenters. The molecular formula is C10H11F6NO. The summed E-state index contributed by atoms with van der Waals surface area (Å²) in [6.07, 6.45) is -10.9. The van der Waals surface area contributed by atoms with Crippen LogP contribution in [0.2, 0.25) is 0 Å². The molecule has 104 valence electrons. The highest BCUT2D eigenvalue weighted by atomic mass is 19.4. The van der Waals surface area contributed by atoms with E-state index in [2.05, 4.69) is 0 Å². The van der Waals surface area contributed by atoms with E-state index >= 15 is 0 Å². The molecule has 0 spiro atoms. The van der Waals surface area contributed by atoms with Crippen molar-refractivity contribution in [1.29, 1.82) is 0 Å². The van der Waals surface area contributed by atoms with Crippen LogP contribution in [0.4, 0.5) is 26.3 Å². The van der Waals surface area contributed by atoms with E-state index in [-0.39, 0.29) is 17.1 Å². The predicted octanol–water partition coefficient (Wildman–Crippen LogP) is 3.64. The number of nitrogens with two attached hydrogens (primary N) is 1. The average Bonchev–Trinajstić information content (AvgIpc) is 2.39. The van der Waals surface area contributed by atoms with Crippen molar-refractivity contribution in [1.82, 2.24) is 0 Å². The quantitative estimate of drug-likeness (QED) is 0.837. The molecular weight excluding hydrogens is 264 g/mol. The summed E-state index contributed by atoms with van der Waals surface area (Å²) in [5, 5.41) is 0. The van der Waals surface area contributed by atoms with Crippen LogP contribution in [0.25, 0.3) is 0 Å². The second kappa shape index (κ2) is 4.49. The highest BCUT2D eigenvalue weighted by Crippen LogP contribution is 2.46. The lowest BCUT2D eigenvalue weighted by atomic mass is 9.92. The first-order valence-electron chi connectivity index (χ1n) is 4.90. The summed E-state index contributed by atoms with van der Waals surface area (Å²) in [6, 6.07) is -1.15. The summed E-state index contributed by atoms with van der Waals surface area (Å²) in [6.45, 7) is 2.69. The van der Waals surface area contributed by atoms with E-state index in [1.165, 1.54) is 13.8 Å². The minimum atomic E-state index is -5.46. The summed E-state index contributed by atoms with van der Waals surface area (Å²) in [5.41, 5.74) is 4.84. The molecule has 1 rings (SSSR count). The van der Waals surface area contributed by atoms with Gasteiger partial charge in [0, 0.05) is 5.56 Å². The molecule has 0 radical (unpaired) electrons. The summed E-state index contributed by atoms with van der Waals surface area (Å²) in [4.78, 5) is 0. The zero-order valence-electron chi connectivity index (χ0n) is 9.49. The number of hydrogen-bond donors (Lipinski definition) is 1. The molecule has 18 heavy (non-hydrogen) atoms. The molecule has 0 fully saturated rings. The molecule has 8 heteroatoms. The average molecular weight is 275 g/mol. The van der Waals surface area contributed by atoms with E-state index in [0.717, 1.165) is 6.07 Å². The van der Waals surface area contributed by atoms with Crippen LogP contribution in [0.15, 0.2) is 10.5 Å². The third-order valence-electron chi connectivity index (χ3n) is 2.50. The standard InChI is InChI=1S/C10H11F6NO/c1-4-3-6(5(2)18-4)7(17)8(9(11,12)13)10(14,15)16/h3,7-8H,17H2,1-2H3. The monoisotopic (exact) mass is 275 g/mol. The second-order valence-corrected chi connectivity index (χ2v) is 3.96. The summed E-state index contributed by atoms with van der Waals surface area (Å²) in [5.74, 6) is -3.44. The van der Waals surface area contributed by atoms with Gasteiger partial charge in [0.1, 0.15) is 11.5 Å². The van der Waals surface area contributed by atoms with E-state index in [0.29, 0.717) is 0 Å². The lowest BCUT2D eigenvalue weighted by molar-refractivity contribution is -0.290. The first-order chi connectivity index (χ1) is 7.94. The minimum Gasteiger partial charge on any atom is -0.466 e. The normalized spacial score (nSPS) is 15.2. The molecule has 0 aliphatic rings. The van der Waals surface area contributed by atoms with Crippen LogP contribution in [0.5, 0.6) is 0 Å². The fourth-order valence-corrected chi connectivity index (χ4v) is 1.75. The Hall–Kier alpha value is -1.18. The number of alkyl halides is 6. The first kappa shape index (κ1) is 14.9. The number of hydrogen-bond acceptors (Lipinski definition) is 2. The largest absolute Gasteiger partial charge is 0.466 e. The number of furan rings is 1. The Bertz CT molecular complexity index is 405. The van der Waals surface area contributed by atoms with Crippen molar-refractivity contribution in [2.45, 2.75) is 32.2 Å². The van der Waals surface area contributed by atoms with Gasteiger partial charge in [-0.05, 0) is 19.9 Å². The van der Waals surface area contributed by atoms with Crippen molar-refractivity contribution >= 4 is 0 Å². The van der Waals surface area contributed by atoms with E-state index in [4.69, 9.17) is 10.2 Å². The molecule has 0 saturated heterocycles. The maximum atomic E-state index is 12.5. The van der Waals surface area contributed by atoms with Gasteiger partial charge in [-0.15, -0.1) is 0 Å². The molecule has 2 nitrogen and oxygen atoms in total. The van der Waals surface area contributed by atoms with Crippen LogP contribution < -0.4 is 5.73 Å². The van der Waals surface area contributed by atoms with Gasteiger partial charge >= 0.3 is 12.4 Å². The van der Waals surface area contributed by atoms with Gasteiger partial charge in [0.15, 0.2) is 5.92 Å². The lowest BCUT2D eigenvalue weighted by Crippen LogP contribution is -2.44. The highest BCUT2D eigenvalue weighted by Gasteiger charge is 2.60. The molecule has 1 heterocycles. The maximum Gasteiger partial charge on any atom is 0.402 e. The Morgan fingerprint density at radius 2 is 1.50 bits per heavy atom. The van der Waals surface area contributed by atoms with Gasteiger partial charge in [-0.2, -0.15) is 26.3 Å². The molecule has 1 atom stereocenters. The predicted molar refractivity (Wildman–Crippen MR) is 50.7 cm³/mol. The van der Waals surface area contributed by atoms with Gasteiger partial charge in [0.05, 0.1) is 6.04 Å². The van der Waals surface area contributed by atoms with E-state index in [1.54, 1.807) is 0 Å². The van der Waals surface area contributed by atoms with Crippen molar-refractivity contribution in [3.8, 4) is 0 Å². The van der Waals surface area contributed by atoms with Crippen molar-refractivity contribution < 1.29 is 30.8 Å². The van der Waals surface area contributed by atoms with Crippen molar-refractivity contribution in [2.75, 3.05) is 0 Å². The van der Waals surface area contributed by atoms with Gasteiger partial charge in [-0.25, -0.2) is 0 Å². The van der Waals surface area contributed by atoms with Crippen LogP contribution >= 0.6 is 0 Å². The van der Waals surface area contributed by atoms with Crippen molar-refractivity contribution in [3.63, 3.8) is 0 Å². The molecule has 0 aliphatic heterocycles. The van der Waals surface area contributed by atoms with Gasteiger partial charge in [0.2, 0.25) is 0 Å². The summed E-state index contributed by atoms with van der Waals surface area (Å²) in [7, 11) is 0. The minimum absolute atomic E-state index is 0.0431. The van der Waals surface area contributed by atoms with Gasteiger partial charge < -0.3 is 10.2 Å². The third-order valence-corrected chi connectivity index (χ3v) is 2.50. The number of halogens is 6. The Kier molecular flexibility index (Phi) is 3.71. The van der Waals surface area contributed by atoms with Gasteiger partial charge in [-0.1, -0.05) is 0 Å². The highest BCUT2D eigenvalue weighted by molar-refractivity contribution is 5.25. The fraction of sp³-hybridized carbons (Fsp3) is 0.600. The maximum absolute atomic E-state index is 12.5. The van der Waals surface area contributed by atoms with Gasteiger partial charge in [0.25, 0.3) is 0 Å². The molecule has 0 aliphatic carbocycles. The van der Waals surface area contributed by atoms with Crippen molar-refractivity contribution in [2.24, 2.45) is 11.7 Å². The smallest absolute Gasteiger partial charge is 0.402 e. The zero-order valence-corrected chi connectivity index (χ0v) is 9.49. The lowest BCUT2D eigenvalue weighted by Gasteiger charge is -2.27. The molecule has 0 saturated carbocycles. The zero-order chi connectivity index (χ0) is 14.3. The SMILES string of the molecule is Cc1cc(C(N)C(C(F)(F)F)C(F)(F)F)c(C)o1. The Labute approximate surface area is 98.7 Å². The van der Waals surface area contributed by atoms with E-state index < -0.39 is 24.3 Å². The Balaban J connectivity index is 3.19. The Morgan fingerprint density at radius 3 is 1.78 bits per heavy atom. The van der Waals surface area contributed by atoms with Crippen LogP contribution in [0.3, 0.4) is 0 Å². The van der Waals surface area contributed by atoms with Crippen LogP contribution in [-0.2, 0) is 0 Å². The fourth-order valence-electron chi connectivity index (χ4n) is 1.75. The molecule has 0 amide bonds. The summed E-state index contributed by atoms with van der Waals surface area (Å²) < 4.78 is 79.7. The van der Waals surface area contributed by atoms with E-state index in [1.807, 2.05) is 0 Å². The summed E-state index contributed by atoms with van der Waals surface area (Å²) >= 11 is 0. The molecule has 1 aromatic heterocycles.